The minimum atomic E-state index is -0.219. The van der Waals surface area contributed by atoms with E-state index in [9.17, 15) is 4.39 Å². The molecule has 0 heterocycles. The molecule has 0 saturated carbocycles. The van der Waals surface area contributed by atoms with Crippen LogP contribution in [0.4, 0.5) is 10.1 Å². The van der Waals surface area contributed by atoms with Crippen molar-refractivity contribution in [1.29, 1.82) is 0 Å². The first-order valence-electron chi connectivity index (χ1n) is 5.36. The summed E-state index contributed by atoms with van der Waals surface area (Å²) in [4.78, 5) is 0. The first-order chi connectivity index (χ1) is 7.17. The molecule has 0 saturated heterocycles. The lowest BCUT2D eigenvalue weighted by Crippen LogP contribution is -2.12. The lowest BCUT2D eigenvalue weighted by Gasteiger charge is -2.14. The first kappa shape index (κ1) is 12.5. The molecule has 1 aromatic carbocycles. The largest absolute Gasteiger partial charge is 0.385 e. The van der Waals surface area contributed by atoms with E-state index >= 15 is 0 Å². The summed E-state index contributed by atoms with van der Waals surface area (Å²) in [5, 5.41) is 3.32. The van der Waals surface area contributed by atoms with Crippen molar-refractivity contribution in [3.63, 3.8) is 0 Å². The maximum atomic E-state index is 13.0. The Balaban J connectivity index is 2.54. The zero-order chi connectivity index (χ0) is 11.3. The molecule has 0 fully saturated rings. The Morgan fingerprint density at radius 3 is 2.53 bits per heavy atom. The molecule has 84 valence electrons. The van der Waals surface area contributed by atoms with Crippen molar-refractivity contribution in [2.24, 2.45) is 5.92 Å². The zero-order valence-corrected chi connectivity index (χ0v) is 10.8. The fraction of sp³-hybridized carbons (Fsp3) is 0.500. The summed E-state index contributed by atoms with van der Waals surface area (Å²) in [7, 11) is 0. The van der Waals surface area contributed by atoms with Crippen LogP contribution in [0.2, 0.25) is 0 Å². The minimum absolute atomic E-state index is 0.219. The molecular formula is C12H17BrFN. The fourth-order valence-electron chi connectivity index (χ4n) is 1.45. The number of halogens is 2. The second-order valence-corrected chi connectivity index (χ2v) is 4.55. The molecule has 0 atom stereocenters. The lowest BCUT2D eigenvalue weighted by atomic mass is 10.0. The molecule has 0 bridgehead atoms. The van der Waals surface area contributed by atoms with Gasteiger partial charge in [-0.25, -0.2) is 4.39 Å². The van der Waals surface area contributed by atoms with Gasteiger partial charge in [0.1, 0.15) is 5.82 Å². The fourth-order valence-corrected chi connectivity index (χ4v) is 1.82. The van der Waals surface area contributed by atoms with E-state index in [2.05, 4.69) is 35.1 Å². The molecule has 15 heavy (non-hydrogen) atoms. The van der Waals surface area contributed by atoms with Crippen LogP contribution in [0.15, 0.2) is 22.7 Å². The molecule has 1 aromatic rings. The van der Waals surface area contributed by atoms with E-state index in [0.29, 0.717) is 10.4 Å². The molecule has 0 unspecified atom stereocenters. The molecule has 1 N–H and O–H groups in total. The number of nitrogens with one attached hydrogen (secondary N) is 1. The third-order valence-corrected chi connectivity index (χ3v) is 3.28. The van der Waals surface area contributed by atoms with Crippen LogP contribution in [0.3, 0.4) is 0 Å². The van der Waals surface area contributed by atoms with E-state index in [0.717, 1.165) is 12.2 Å². The first-order valence-corrected chi connectivity index (χ1v) is 6.15. The van der Waals surface area contributed by atoms with Gasteiger partial charge in [-0.3, -0.25) is 0 Å². The third kappa shape index (κ3) is 3.82. The summed E-state index contributed by atoms with van der Waals surface area (Å²) >= 11 is 3.17. The van der Waals surface area contributed by atoms with Crippen LogP contribution in [0.5, 0.6) is 0 Å². The molecule has 1 rings (SSSR count). The van der Waals surface area contributed by atoms with E-state index in [4.69, 9.17) is 0 Å². The van der Waals surface area contributed by atoms with Crippen molar-refractivity contribution in [2.45, 2.75) is 26.7 Å². The van der Waals surface area contributed by atoms with Gasteiger partial charge in [-0.2, -0.15) is 0 Å². The van der Waals surface area contributed by atoms with Crippen LogP contribution in [-0.2, 0) is 0 Å². The third-order valence-electron chi connectivity index (χ3n) is 2.67. The molecule has 0 aliphatic carbocycles. The maximum Gasteiger partial charge on any atom is 0.137 e. The number of hydrogen-bond acceptors (Lipinski definition) is 1. The summed E-state index contributed by atoms with van der Waals surface area (Å²) in [6.07, 6.45) is 2.34. The highest BCUT2D eigenvalue weighted by Crippen LogP contribution is 2.20. The highest BCUT2D eigenvalue weighted by molar-refractivity contribution is 9.10. The van der Waals surface area contributed by atoms with Gasteiger partial charge in [0.05, 0.1) is 4.47 Å². The number of benzene rings is 1. The Labute approximate surface area is 99.2 Å². The number of anilines is 1. The van der Waals surface area contributed by atoms with Crippen LogP contribution in [-0.4, -0.2) is 6.54 Å². The quantitative estimate of drug-likeness (QED) is 0.837. The number of hydrogen-bond donors (Lipinski definition) is 1. The zero-order valence-electron chi connectivity index (χ0n) is 9.19. The van der Waals surface area contributed by atoms with Crippen molar-refractivity contribution >= 4 is 21.6 Å². The van der Waals surface area contributed by atoms with E-state index in [-0.39, 0.29) is 5.82 Å². The Morgan fingerprint density at radius 2 is 2.00 bits per heavy atom. The van der Waals surface area contributed by atoms with Gasteiger partial charge in [0.25, 0.3) is 0 Å². The van der Waals surface area contributed by atoms with Crippen LogP contribution in [0.25, 0.3) is 0 Å². The summed E-state index contributed by atoms with van der Waals surface area (Å²) in [5.74, 6) is 0.469. The van der Waals surface area contributed by atoms with Gasteiger partial charge >= 0.3 is 0 Å². The summed E-state index contributed by atoms with van der Waals surface area (Å²) in [6, 6.07) is 5.01. The van der Waals surface area contributed by atoms with Crippen molar-refractivity contribution in [3.05, 3.63) is 28.5 Å². The monoisotopic (exact) mass is 273 g/mol. The summed E-state index contributed by atoms with van der Waals surface area (Å²) < 4.78 is 13.5. The van der Waals surface area contributed by atoms with Crippen molar-refractivity contribution < 1.29 is 4.39 Å². The second kappa shape index (κ2) is 6.11. The maximum absolute atomic E-state index is 13.0. The van der Waals surface area contributed by atoms with Crippen LogP contribution in [0, 0.1) is 11.7 Å². The van der Waals surface area contributed by atoms with Crippen LogP contribution >= 0.6 is 15.9 Å². The van der Waals surface area contributed by atoms with E-state index < -0.39 is 0 Å². The minimum Gasteiger partial charge on any atom is -0.385 e. The van der Waals surface area contributed by atoms with Crippen molar-refractivity contribution in [3.8, 4) is 0 Å². The van der Waals surface area contributed by atoms with Crippen molar-refractivity contribution in [2.75, 3.05) is 11.9 Å². The van der Waals surface area contributed by atoms with E-state index in [1.54, 1.807) is 12.1 Å². The molecule has 3 heteroatoms. The van der Waals surface area contributed by atoms with Crippen LogP contribution in [0.1, 0.15) is 26.7 Å². The molecule has 1 nitrogen and oxygen atoms in total. The van der Waals surface area contributed by atoms with Gasteiger partial charge in [0, 0.05) is 12.2 Å². The molecule has 0 aliphatic rings. The normalized spacial score (nSPS) is 10.7. The summed E-state index contributed by atoms with van der Waals surface area (Å²) in [5.41, 5.74) is 0.968. The average molecular weight is 274 g/mol. The molecule has 0 radical (unpaired) electrons. The topological polar surface area (TPSA) is 12.0 Å². The second-order valence-electron chi connectivity index (χ2n) is 3.69. The Morgan fingerprint density at radius 1 is 1.33 bits per heavy atom. The van der Waals surface area contributed by atoms with Gasteiger partial charge in [-0.1, -0.05) is 26.7 Å². The van der Waals surface area contributed by atoms with E-state index in [1.807, 2.05) is 0 Å². The van der Waals surface area contributed by atoms with Gasteiger partial charge in [0.15, 0.2) is 0 Å². The Hall–Kier alpha value is -0.570. The smallest absolute Gasteiger partial charge is 0.137 e. The molecule has 0 amide bonds. The predicted molar refractivity (Wildman–Crippen MR) is 66.7 cm³/mol. The Kier molecular flexibility index (Phi) is 5.09. The molecule has 0 spiro atoms. The molecule has 0 aliphatic heterocycles. The number of rotatable bonds is 5. The van der Waals surface area contributed by atoms with E-state index in [1.165, 1.54) is 18.9 Å². The molecular weight excluding hydrogens is 257 g/mol. The molecule has 0 aromatic heterocycles. The van der Waals surface area contributed by atoms with Gasteiger partial charge < -0.3 is 5.32 Å². The van der Waals surface area contributed by atoms with Crippen LogP contribution < -0.4 is 5.32 Å². The Bertz CT molecular complexity index is 310. The van der Waals surface area contributed by atoms with Gasteiger partial charge in [-0.05, 0) is 40.0 Å². The standard InChI is InChI=1S/C12H17BrFN/c1-3-9(4-2)8-15-10-5-6-12(14)11(13)7-10/h5-7,9,15H,3-4,8H2,1-2H3. The highest BCUT2D eigenvalue weighted by atomic mass is 79.9. The van der Waals surface area contributed by atoms with Crippen molar-refractivity contribution in [1.82, 2.24) is 0 Å². The predicted octanol–water partition coefficient (Wildman–Crippen LogP) is 4.44. The average Bonchev–Trinajstić information content (AvgIpc) is 2.24. The summed E-state index contributed by atoms with van der Waals surface area (Å²) in [6.45, 7) is 5.33. The lowest BCUT2D eigenvalue weighted by molar-refractivity contribution is 0.519. The van der Waals surface area contributed by atoms with Gasteiger partial charge in [-0.15, -0.1) is 0 Å². The van der Waals surface area contributed by atoms with Gasteiger partial charge in [0.2, 0.25) is 0 Å². The highest BCUT2D eigenvalue weighted by Gasteiger charge is 2.04. The SMILES string of the molecule is CCC(CC)CNc1ccc(F)c(Br)c1.